The van der Waals surface area contributed by atoms with Crippen LogP contribution >= 0.6 is 0 Å². The highest BCUT2D eigenvalue weighted by molar-refractivity contribution is 7.92. The van der Waals surface area contributed by atoms with E-state index in [1.54, 1.807) is 0 Å². The molecule has 0 spiro atoms. The lowest BCUT2D eigenvalue weighted by Crippen LogP contribution is -2.43. The summed E-state index contributed by atoms with van der Waals surface area (Å²) in [6, 6.07) is 4.76. The molecule has 0 N–H and O–H groups in total. The highest BCUT2D eigenvalue weighted by Gasteiger charge is 2.67. The zero-order valence-corrected chi connectivity index (χ0v) is 8.32. The third-order valence-electron chi connectivity index (χ3n) is 1.72. The van der Waals surface area contributed by atoms with Crippen molar-refractivity contribution in [2.24, 2.45) is 0 Å². The summed E-state index contributed by atoms with van der Waals surface area (Å²) in [4.78, 5) is -1.07. The Morgan fingerprint density at radius 1 is 0.875 bits per heavy atom. The van der Waals surface area contributed by atoms with Gasteiger partial charge in [-0.3, -0.25) is 0 Å². The van der Waals surface area contributed by atoms with Crippen LogP contribution in [0.4, 0.5) is 22.0 Å². The van der Waals surface area contributed by atoms with Crippen LogP contribution in [0.15, 0.2) is 35.2 Å². The van der Waals surface area contributed by atoms with Gasteiger partial charge < -0.3 is 0 Å². The number of halogens is 5. The molecule has 1 rings (SSSR count). The first kappa shape index (κ1) is 12.9. The lowest BCUT2D eigenvalue weighted by atomic mass is 10.4. The van der Waals surface area contributed by atoms with Crippen molar-refractivity contribution in [3.63, 3.8) is 0 Å². The zero-order valence-electron chi connectivity index (χ0n) is 7.50. The molecular weight excluding hydrogens is 255 g/mol. The third kappa shape index (κ3) is 1.89. The molecule has 0 amide bonds. The molecule has 0 atom stereocenters. The van der Waals surface area contributed by atoms with E-state index in [1.165, 1.54) is 6.07 Å². The fraction of sp³-hybridized carbons (Fsp3) is 0.250. The van der Waals surface area contributed by atoms with Gasteiger partial charge in [0.25, 0.3) is 9.84 Å². The fourth-order valence-electron chi connectivity index (χ4n) is 0.900. The summed E-state index contributed by atoms with van der Waals surface area (Å²) in [7, 11) is -5.75. The minimum absolute atomic E-state index is 0.676. The lowest BCUT2D eigenvalue weighted by Gasteiger charge is -2.19. The molecule has 0 aliphatic heterocycles. The molecular formula is C8H5F5O2S. The summed E-state index contributed by atoms with van der Waals surface area (Å²) in [5.41, 5.74) is 0. The van der Waals surface area contributed by atoms with Gasteiger partial charge in [0.2, 0.25) is 0 Å². The summed E-state index contributed by atoms with van der Waals surface area (Å²) < 4.78 is 83.1. The van der Waals surface area contributed by atoms with Crippen LogP contribution in [0.5, 0.6) is 0 Å². The fourth-order valence-corrected chi connectivity index (χ4v) is 2.02. The molecule has 0 bridgehead atoms. The van der Waals surface area contributed by atoms with Gasteiger partial charge in [0.15, 0.2) is 0 Å². The molecule has 0 radical (unpaired) electrons. The van der Waals surface area contributed by atoms with E-state index < -0.39 is 26.2 Å². The summed E-state index contributed by atoms with van der Waals surface area (Å²) >= 11 is 0. The minimum atomic E-state index is -6.14. The summed E-state index contributed by atoms with van der Waals surface area (Å²) in [6.07, 6.45) is -6.14. The van der Waals surface area contributed by atoms with E-state index in [0.717, 1.165) is 12.1 Å². The van der Waals surface area contributed by atoms with Gasteiger partial charge in [0.1, 0.15) is 0 Å². The Labute approximate surface area is 87.6 Å². The predicted molar refractivity (Wildman–Crippen MR) is 44.6 cm³/mol. The summed E-state index contributed by atoms with van der Waals surface area (Å²) in [6.45, 7) is 0. The second kappa shape index (κ2) is 3.69. The minimum Gasteiger partial charge on any atom is -0.217 e. The first-order valence-electron chi connectivity index (χ1n) is 3.85. The van der Waals surface area contributed by atoms with Crippen LogP contribution in [-0.2, 0) is 9.84 Å². The van der Waals surface area contributed by atoms with Crippen LogP contribution in [0, 0.1) is 0 Å². The van der Waals surface area contributed by atoms with Gasteiger partial charge in [-0.05, 0) is 12.1 Å². The molecule has 0 aliphatic rings. The van der Waals surface area contributed by atoms with E-state index in [0.29, 0.717) is 12.1 Å². The van der Waals surface area contributed by atoms with Crippen molar-refractivity contribution in [3.8, 4) is 0 Å². The molecule has 1 aromatic rings. The average molecular weight is 260 g/mol. The SMILES string of the molecule is O=S(=O)(c1ccccc1)C(F)(F)C(F)(F)F. The molecule has 0 unspecified atom stereocenters. The van der Waals surface area contributed by atoms with Crippen molar-refractivity contribution < 1.29 is 30.4 Å². The maximum atomic E-state index is 12.7. The van der Waals surface area contributed by atoms with Crippen molar-refractivity contribution in [2.45, 2.75) is 16.3 Å². The van der Waals surface area contributed by atoms with Crippen molar-refractivity contribution >= 4 is 9.84 Å². The quantitative estimate of drug-likeness (QED) is 0.766. The highest BCUT2D eigenvalue weighted by Crippen LogP contribution is 2.42. The van der Waals surface area contributed by atoms with Gasteiger partial charge >= 0.3 is 11.4 Å². The Kier molecular flexibility index (Phi) is 2.97. The van der Waals surface area contributed by atoms with Crippen molar-refractivity contribution in [3.05, 3.63) is 30.3 Å². The molecule has 0 fully saturated rings. The Hall–Kier alpha value is -1.18. The van der Waals surface area contributed by atoms with E-state index in [9.17, 15) is 30.4 Å². The van der Waals surface area contributed by atoms with E-state index in [1.807, 2.05) is 0 Å². The average Bonchev–Trinajstić information content (AvgIpc) is 2.17. The third-order valence-corrected chi connectivity index (χ3v) is 3.52. The monoisotopic (exact) mass is 260 g/mol. The van der Waals surface area contributed by atoms with Crippen LogP contribution in [0.2, 0.25) is 0 Å². The molecule has 1 aromatic carbocycles. The summed E-state index contributed by atoms with van der Waals surface area (Å²) in [5.74, 6) is 0. The topological polar surface area (TPSA) is 34.1 Å². The van der Waals surface area contributed by atoms with Crippen molar-refractivity contribution in [1.82, 2.24) is 0 Å². The molecule has 0 heterocycles. The molecule has 0 saturated heterocycles. The van der Waals surface area contributed by atoms with Gasteiger partial charge in [-0.1, -0.05) is 18.2 Å². The van der Waals surface area contributed by atoms with Crippen molar-refractivity contribution in [1.29, 1.82) is 0 Å². The van der Waals surface area contributed by atoms with Crippen LogP contribution in [0.25, 0.3) is 0 Å². The van der Waals surface area contributed by atoms with Gasteiger partial charge in [0.05, 0.1) is 4.90 Å². The molecule has 0 aromatic heterocycles. The first-order valence-corrected chi connectivity index (χ1v) is 5.33. The maximum absolute atomic E-state index is 12.7. The largest absolute Gasteiger partial charge is 0.469 e. The Bertz CT molecular complexity index is 463. The molecule has 8 heteroatoms. The van der Waals surface area contributed by atoms with E-state index in [4.69, 9.17) is 0 Å². The predicted octanol–water partition coefficient (Wildman–Crippen LogP) is 2.62. The Morgan fingerprint density at radius 3 is 1.69 bits per heavy atom. The van der Waals surface area contributed by atoms with E-state index in [-0.39, 0.29) is 0 Å². The second-order valence-corrected chi connectivity index (χ2v) is 4.82. The van der Waals surface area contributed by atoms with Gasteiger partial charge in [-0.15, -0.1) is 0 Å². The molecule has 90 valence electrons. The number of benzene rings is 1. The molecule has 2 nitrogen and oxygen atoms in total. The Balaban J connectivity index is 3.35. The van der Waals surface area contributed by atoms with E-state index in [2.05, 4.69) is 0 Å². The maximum Gasteiger partial charge on any atom is 0.469 e. The van der Waals surface area contributed by atoms with Gasteiger partial charge in [-0.2, -0.15) is 22.0 Å². The number of rotatable bonds is 2. The van der Waals surface area contributed by atoms with Gasteiger partial charge in [-0.25, -0.2) is 8.42 Å². The zero-order chi connectivity index (χ0) is 12.6. The number of sulfone groups is 1. The smallest absolute Gasteiger partial charge is 0.217 e. The summed E-state index contributed by atoms with van der Waals surface area (Å²) in [5, 5.41) is -5.79. The van der Waals surface area contributed by atoms with Crippen LogP contribution in [0.3, 0.4) is 0 Å². The van der Waals surface area contributed by atoms with Crippen LogP contribution in [0.1, 0.15) is 0 Å². The van der Waals surface area contributed by atoms with E-state index >= 15 is 0 Å². The second-order valence-electron chi connectivity index (χ2n) is 2.83. The molecule has 0 aliphatic carbocycles. The number of alkyl halides is 5. The van der Waals surface area contributed by atoms with Crippen LogP contribution < -0.4 is 0 Å². The number of hydrogen-bond acceptors (Lipinski definition) is 2. The number of hydrogen-bond donors (Lipinski definition) is 0. The normalized spacial score (nSPS) is 13.8. The van der Waals surface area contributed by atoms with Gasteiger partial charge in [0, 0.05) is 0 Å². The Morgan fingerprint density at radius 2 is 1.31 bits per heavy atom. The first-order chi connectivity index (χ1) is 7.11. The lowest BCUT2D eigenvalue weighted by molar-refractivity contribution is -0.241. The highest BCUT2D eigenvalue weighted by atomic mass is 32.2. The van der Waals surface area contributed by atoms with Crippen LogP contribution in [-0.4, -0.2) is 19.8 Å². The van der Waals surface area contributed by atoms with Crippen molar-refractivity contribution in [2.75, 3.05) is 0 Å². The standard InChI is InChI=1S/C8H5F5O2S/c9-7(10,11)8(12,13)16(14,15)6-4-2-1-3-5-6/h1-5H. The molecule has 0 saturated carbocycles. The molecule has 16 heavy (non-hydrogen) atoms.